The van der Waals surface area contributed by atoms with E-state index in [9.17, 15) is 0 Å². The molecule has 0 radical (unpaired) electrons. The fraction of sp³-hybridized carbons (Fsp3) is 0.222. The zero-order valence-corrected chi connectivity index (χ0v) is 8.65. The Morgan fingerprint density at radius 1 is 1.31 bits per heavy atom. The van der Waals surface area contributed by atoms with Crippen LogP contribution in [0.1, 0.15) is 11.6 Å². The Labute approximate surface area is 88.0 Å². The van der Waals surface area contributed by atoms with Gasteiger partial charge in [-0.05, 0) is 5.56 Å². The van der Waals surface area contributed by atoms with Crippen LogP contribution in [0.5, 0.6) is 0 Å². The summed E-state index contributed by atoms with van der Waals surface area (Å²) in [6.07, 6.45) is 0. The third-order valence-electron chi connectivity index (χ3n) is 1.86. The number of aliphatic imine (C=N–C) groups is 1. The number of rotatable bonds is 1. The molecule has 0 unspecified atom stereocenters. The van der Waals surface area contributed by atoms with E-state index in [-0.39, 0.29) is 18.4 Å². The van der Waals surface area contributed by atoms with Gasteiger partial charge in [0.05, 0.1) is 6.04 Å². The molecular formula is C9H11ClN2S. The SMILES string of the molecule is Cl.NC1=N[C@H](c2ccccc2)CS1. The van der Waals surface area contributed by atoms with Gasteiger partial charge >= 0.3 is 0 Å². The summed E-state index contributed by atoms with van der Waals surface area (Å²) in [7, 11) is 0. The van der Waals surface area contributed by atoms with Gasteiger partial charge in [-0.15, -0.1) is 12.4 Å². The molecule has 0 spiro atoms. The molecule has 0 aromatic heterocycles. The van der Waals surface area contributed by atoms with Gasteiger partial charge in [-0.1, -0.05) is 42.1 Å². The molecule has 0 saturated carbocycles. The van der Waals surface area contributed by atoms with Gasteiger partial charge in [-0.3, -0.25) is 4.99 Å². The standard InChI is InChI=1S/C9H10N2S.ClH/c10-9-11-8(6-12-9)7-4-2-1-3-5-7;/h1-5,8H,6H2,(H2,10,11);1H/t8-;/m0./s1. The van der Waals surface area contributed by atoms with E-state index in [1.54, 1.807) is 11.8 Å². The number of hydrogen-bond donors (Lipinski definition) is 1. The van der Waals surface area contributed by atoms with Crippen molar-refractivity contribution >= 4 is 29.3 Å². The third kappa shape index (κ3) is 2.39. The lowest BCUT2D eigenvalue weighted by atomic mass is 10.1. The van der Waals surface area contributed by atoms with Crippen LogP contribution >= 0.6 is 24.2 Å². The van der Waals surface area contributed by atoms with Gasteiger partial charge in [0.2, 0.25) is 0 Å². The summed E-state index contributed by atoms with van der Waals surface area (Å²) in [5.41, 5.74) is 6.83. The average molecular weight is 215 g/mol. The van der Waals surface area contributed by atoms with Gasteiger partial charge in [0.15, 0.2) is 5.17 Å². The zero-order valence-electron chi connectivity index (χ0n) is 7.01. The molecule has 0 amide bonds. The van der Waals surface area contributed by atoms with Crippen molar-refractivity contribution in [2.45, 2.75) is 6.04 Å². The monoisotopic (exact) mass is 214 g/mol. The number of nitrogens with two attached hydrogens (primary N) is 1. The second-order valence-corrected chi connectivity index (χ2v) is 3.75. The van der Waals surface area contributed by atoms with E-state index >= 15 is 0 Å². The third-order valence-corrected chi connectivity index (χ3v) is 2.74. The minimum Gasteiger partial charge on any atom is -0.379 e. The molecule has 1 aromatic rings. The first-order chi connectivity index (χ1) is 5.86. The normalized spacial score (nSPS) is 20.6. The number of hydrogen-bond acceptors (Lipinski definition) is 3. The molecule has 1 aromatic carbocycles. The quantitative estimate of drug-likeness (QED) is 0.779. The second kappa shape index (κ2) is 4.53. The molecule has 0 fully saturated rings. The predicted octanol–water partition coefficient (Wildman–Crippen LogP) is 2.21. The van der Waals surface area contributed by atoms with Crippen LogP contribution in [0, 0.1) is 0 Å². The molecule has 70 valence electrons. The summed E-state index contributed by atoms with van der Waals surface area (Å²) >= 11 is 1.63. The van der Waals surface area contributed by atoms with Crippen molar-refractivity contribution in [3.8, 4) is 0 Å². The summed E-state index contributed by atoms with van der Waals surface area (Å²) in [5, 5.41) is 0.712. The van der Waals surface area contributed by atoms with Gasteiger partial charge in [0.1, 0.15) is 0 Å². The molecule has 4 heteroatoms. The lowest BCUT2D eigenvalue weighted by Crippen LogP contribution is -2.01. The molecule has 1 aliphatic rings. The van der Waals surface area contributed by atoms with Crippen LogP contribution in [0.3, 0.4) is 0 Å². The van der Waals surface area contributed by atoms with E-state index in [1.807, 2.05) is 18.2 Å². The van der Waals surface area contributed by atoms with Crippen molar-refractivity contribution in [1.82, 2.24) is 0 Å². The van der Waals surface area contributed by atoms with E-state index in [0.717, 1.165) is 5.75 Å². The summed E-state index contributed by atoms with van der Waals surface area (Å²) < 4.78 is 0. The lowest BCUT2D eigenvalue weighted by molar-refractivity contribution is 0.848. The lowest BCUT2D eigenvalue weighted by Gasteiger charge is -2.03. The van der Waals surface area contributed by atoms with E-state index in [1.165, 1.54) is 5.56 Å². The van der Waals surface area contributed by atoms with Crippen molar-refractivity contribution in [2.24, 2.45) is 10.7 Å². The maximum Gasteiger partial charge on any atom is 0.154 e. The Hall–Kier alpha value is -0.670. The Kier molecular flexibility index (Phi) is 3.63. The number of benzene rings is 1. The van der Waals surface area contributed by atoms with Crippen LogP contribution in [0.15, 0.2) is 35.3 Å². The summed E-state index contributed by atoms with van der Waals surface area (Å²) in [4.78, 5) is 4.32. The van der Waals surface area contributed by atoms with Crippen LogP contribution in [0.2, 0.25) is 0 Å². The first-order valence-electron chi connectivity index (χ1n) is 3.87. The number of thioether (sulfide) groups is 1. The number of amidine groups is 1. The Morgan fingerprint density at radius 3 is 2.54 bits per heavy atom. The Bertz CT molecular complexity index is 300. The van der Waals surface area contributed by atoms with E-state index < -0.39 is 0 Å². The highest BCUT2D eigenvalue weighted by Crippen LogP contribution is 2.28. The minimum absolute atomic E-state index is 0. The first-order valence-corrected chi connectivity index (χ1v) is 4.86. The molecule has 2 N–H and O–H groups in total. The zero-order chi connectivity index (χ0) is 8.39. The topological polar surface area (TPSA) is 38.4 Å². The average Bonchev–Trinajstić information content (AvgIpc) is 2.54. The predicted molar refractivity (Wildman–Crippen MR) is 60.5 cm³/mol. The second-order valence-electron chi connectivity index (χ2n) is 2.70. The van der Waals surface area contributed by atoms with E-state index in [0.29, 0.717) is 5.17 Å². The smallest absolute Gasteiger partial charge is 0.154 e. The molecule has 0 bridgehead atoms. The van der Waals surface area contributed by atoms with Crippen LogP contribution in [0.25, 0.3) is 0 Å². The molecule has 1 atom stereocenters. The van der Waals surface area contributed by atoms with Crippen molar-refractivity contribution in [3.63, 3.8) is 0 Å². The highest BCUT2D eigenvalue weighted by atomic mass is 35.5. The van der Waals surface area contributed by atoms with Gasteiger partial charge in [-0.2, -0.15) is 0 Å². The van der Waals surface area contributed by atoms with Crippen molar-refractivity contribution < 1.29 is 0 Å². The summed E-state index contributed by atoms with van der Waals surface area (Å²) in [6, 6.07) is 10.5. The van der Waals surface area contributed by atoms with Gasteiger partial charge in [0, 0.05) is 5.75 Å². The number of nitrogens with zero attached hydrogens (tertiary/aromatic N) is 1. The van der Waals surface area contributed by atoms with E-state index in [4.69, 9.17) is 5.73 Å². The molecule has 1 aliphatic heterocycles. The Morgan fingerprint density at radius 2 is 2.00 bits per heavy atom. The molecule has 2 nitrogen and oxygen atoms in total. The van der Waals surface area contributed by atoms with Crippen LogP contribution < -0.4 is 5.73 Å². The largest absolute Gasteiger partial charge is 0.379 e. The molecule has 0 saturated heterocycles. The number of halogens is 1. The van der Waals surface area contributed by atoms with Crippen LogP contribution in [0.4, 0.5) is 0 Å². The van der Waals surface area contributed by atoms with Crippen LogP contribution in [-0.2, 0) is 0 Å². The minimum atomic E-state index is 0. The van der Waals surface area contributed by atoms with Crippen molar-refractivity contribution in [2.75, 3.05) is 5.75 Å². The summed E-state index contributed by atoms with van der Waals surface area (Å²) in [5.74, 6) is 0.982. The van der Waals surface area contributed by atoms with Gasteiger partial charge in [-0.25, -0.2) is 0 Å². The molecule has 1 heterocycles. The maximum atomic E-state index is 5.58. The summed E-state index contributed by atoms with van der Waals surface area (Å²) in [6.45, 7) is 0. The fourth-order valence-corrected chi connectivity index (χ4v) is 2.04. The van der Waals surface area contributed by atoms with Gasteiger partial charge < -0.3 is 5.73 Å². The van der Waals surface area contributed by atoms with Crippen molar-refractivity contribution in [3.05, 3.63) is 35.9 Å². The molecule has 0 aliphatic carbocycles. The first kappa shape index (κ1) is 10.4. The highest BCUT2D eigenvalue weighted by molar-refractivity contribution is 8.14. The Balaban J connectivity index is 0.000000845. The van der Waals surface area contributed by atoms with E-state index in [2.05, 4.69) is 17.1 Å². The molecule has 2 rings (SSSR count). The van der Waals surface area contributed by atoms with Crippen LogP contribution in [-0.4, -0.2) is 10.9 Å². The molecular weight excluding hydrogens is 204 g/mol. The highest BCUT2D eigenvalue weighted by Gasteiger charge is 2.16. The maximum absolute atomic E-state index is 5.58. The molecule has 13 heavy (non-hydrogen) atoms. The van der Waals surface area contributed by atoms with Crippen molar-refractivity contribution in [1.29, 1.82) is 0 Å². The van der Waals surface area contributed by atoms with Gasteiger partial charge in [0.25, 0.3) is 0 Å². The fourth-order valence-electron chi connectivity index (χ4n) is 1.24.